The molecular weight excluding hydrogens is 380 g/mol. The number of carboxylic acids is 1. The summed E-state index contributed by atoms with van der Waals surface area (Å²) in [5.41, 5.74) is 1.20. The molecule has 142 valence electrons. The SMILES string of the molecule is CC(C)(C)OC(=O)NC(CCSCc1cc(=O)n2ncsc2n1)C(=O)O. The maximum Gasteiger partial charge on any atom is 0.408 e. The number of thioether (sulfide) groups is 1. The molecular formula is C15H20N4O5S2. The summed E-state index contributed by atoms with van der Waals surface area (Å²) in [4.78, 5) is 39.7. The lowest BCUT2D eigenvalue weighted by molar-refractivity contribution is -0.139. The fourth-order valence-electron chi connectivity index (χ4n) is 1.96. The molecule has 1 amide bonds. The van der Waals surface area contributed by atoms with E-state index in [1.807, 2.05) is 0 Å². The minimum Gasteiger partial charge on any atom is -0.480 e. The van der Waals surface area contributed by atoms with Crippen molar-refractivity contribution in [1.82, 2.24) is 19.9 Å². The minimum absolute atomic E-state index is 0.223. The zero-order valence-electron chi connectivity index (χ0n) is 14.6. The molecule has 0 saturated carbocycles. The molecule has 2 N–H and O–H groups in total. The summed E-state index contributed by atoms with van der Waals surface area (Å²) in [5.74, 6) is -0.197. The molecule has 0 aliphatic carbocycles. The van der Waals surface area contributed by atoms with E-state index in [-0.39, 0.29) is 12.0 Å². The summed E-state index contributed by atoms with van der Waals surface area (Å²) in [6.45, 7) is 5.11. The molecule has 0 spiro atoms. The summed E-state index contributed by atoms with van der Waals surface area (Å²) in [6, 6.07) is 0.368. The van der Waals surface area contributed by atoms with E-state index in [2.05, 4.69) is 15.4 Å². The number of amides is 1. The Hall–Kier alpha value is -2.14. The van der Waals surface area contributed by atoms with Crippen LogP contribution in [0.4, 0.5) is 4.79 Å². The van der Waals surface area contributed by atoms with Gasteiger partial charge >= 0.3 is 12.1 Å². The zero-order chi connectivity index (χ0) is 19.3. The summed E-state index contributed by atoms with van der Waals surface area (Å²) >= 11 is 2.70. The van der Waals surface area contributed by atoms with Crippen LogP contribution in [-0.2, 0) is 15.3 Å². The Morgan fingerprint density at radius 2 is 2.19 bits per heavy atom. The smallest absolute Gasteiger partial charge is 0.408 e. The van der Waals surface area contributed by atoms with Gasteiger partial charge in [0.1, 0.15) is 17.2 Å². The van der Waals surface area contributed by atoms with Gasteiger partial charge in [0.25, 0.3) is 5.56 Å². The molecule has 0 aliphatic rings. The third kappa shape index (κ3) is 5.99. The summed E-state index contributed by atoms with van der Waals surface area (Å²) in [7, 11) is 0. The average Bonchev–Trinajstić information content (AvgIpc) is 2.97. The molecule has 2 aromatic heterocycles. The molecule has 0 bridgehead atoms. The first-order valence-electron chi connectivity index (χ1n) is 7.78. The van der Waals surface area contributed by atoms with E-state index in [4.69, 9.17) is 4.74 Å². The molecule has 0 radical (unpaired) electrons. The van der Waals surface area contributed by atoms with Crippen LogP contribution in [-0.4, -0.2) is 49.2 Å². The topological polar surface area (TPSA) is 123 Å². The normalized spacial score (nSPS) is 12.7. The van der Waals surface area contributed by atoms with Crippen molar-refractivity contribution >= 4 is 40.1 Å². The van der Waals surface area contributed by atoms with Crippen molar-refractivity contribution in [3.63, 3.8) is 0 Å². The Balaban J connectivity index is 1.84. The van der Waals surface area contributed by atoms with Gasteiger partial charge in [-0.1, -0.05) is 11.3 Å². The third-order valence-corrected chi connectivity index (χ3v) is 4.73. The lowest BCUT2D eigenvalue weighted by Gasteiger charge is -2.21. The molecule has 0 saturated heterocycles. The summed E-state index contributed by atoms with van der Waals surface area (Å²) in [5, 5.41) is 15.5. The van der Waals surface area contributed by atoms with Gasteiger partial charge in [0.2, 0.25) is 4.96 Å². The third-order valence-electron chi connectivity index (χ3n) is 3.03. The molecule has 2 aromatic rings. The first-order chi connectivity index (χ1) is 12.2. The van der Waals surface area contributed by atoms with Crippen LogP contribution < -0.4 is 10.9 Å². The number of ether oxygens (including phenoxy) is 1. The second-order valence-corrected chi connectivity index (χ2v) is 8.31. The highest BCUT2D eigenvalue weighted by atomic mass is 32.2. The minimum atomic E-state index is -1.13. The number of hydrogen-bond donors (Lipinski definition) is 2. The molecule has 2 heterocycles. The zero-order valence-corrected chi connectivity index (χ0v) is 16.2. The van der Waals surface area contributed by atoms with E-state index in [0.29, 0.717) is 22.2 Å². The average molecular weight is 400 g/mol. The number of hydrogen-bond acceptors (Lipinski definition) is 8. The second kappa shape index (κ2) is 8.49. The number of nitrogens with one attached hydrogen (secondary N) is 1. The molecule has 1 atom stereocenters. The Morgan fingerprint density at radius 1 is 1.46 bits per heavy atom. The van der Waals surface area contributed by atoms with Gasteiger partial charge in [-0.05, 0) is 32.9 Å². The molecule has 0 aliphatic heterocycles. The van der Waals surface area contributed by atoms with Gasteiger partial charge < -0.3 is 15.2 Å². The van der Waals surface area contributed by atoms with E-state index in [1.54, 1.807) is 26.3 Å². The van der Waals surface area contributed by atoms with Crippen LogP contribution in [0.3, 0.4) is 0 Å². The molecule has 1 unspecified atom stereocenters. The van der Waals surface area contributed by atoms with Crippen molar-refractivity contribution in [3.8, 4) is 0 Å². The predicted octanol–water partition coefficient (Wildman–Crippen LogP) is 1.75. The van der Waals surface area contributed by atoms with Crippen molar-refractivity contribution in [3.05, 3.63) is 27.6 Å². The Bertz CT molecular complexity index is 842. The molecule has 9 nitrogen and oxygen atoms in total. The lowest BCUT2D eigenvalue weighted by atomic mass is 10.2. The number of fused-ring (bicyclic) bond motifs is 1. The van der Waals surface area contributed by atoms with E-state index in [1.165, 1.54) is 33.7 Å². The van der Waals surface area contributed by atoms with Gasteiger partial charge in [-0.2, -0.15) is 21.4 Å². The van der Waals surface area contributed by atoms with E-state index < -0.39 is 23.7 Å². The van der Waals surface area contributed by atoms with Gasteiger partial charge in [-0.25, -0.2) is 14.6 Å². The van der Waals surface area contributed by atoms with Gasteiger partial charge in [-0.3, -0.25) is 4.79 Å². The van der Waals surface area contributed by atoms with Crippen LogP contribution in [0.2, 0.25) is 0 Å². The van der Waals surface area contributed by atoms with Crippen molar-refractivity contribution in [1.29, 1.82) is 0 Å². The van der Waals surface area contributed by atoms with E-state index in [0.717, 1.165) is 0 Å². The number of nitrogens with zero attached hydrogens (tertiary/aromatic N) is 3. The Labute approximate surface area is 157 Å². The first kappa shape index (κ1) is 20.2. The highest BCUT2D eigenvalue weighted by Crippen LogP contribution is 2.14. The van der Waals surface area contributed by atoms with Crippen LogP contribution in [0.5, 0.6) is 0 Å². The fourth-order valence-corrected chi connectivity index (χ4v) is 3.51. The Kier molecular flexibility index (Phi) is 6.59. The number of aromatic nitrogens is 3. The second-order valence-electron chi connectivity index (χ2n) is 6.40. The highest BCUT2D eigenvalue weighted by molar-refractivity contribution is 7.98. The maximum absolute atomic E-state index is 11.8. The van der Waals surface area contributed by atoms with E-state index >= 15 is 0 Å². The van der Waals surface area contributed by atoms with Crippen LogP contribution in [0.25, 0.3) is 4.96 Å². The number of carbonyl (C=O) groups is 2. The summed E-state index contributed by atoms with van der Waals surface area (Å²) in [6.07, 6.45) is -0.540. The van der Waals surface area contributed by atoms with Crippen LogP contribution in [0.1, 0.15) is 32.9 Å². The molecule has 11 heteroatoms. The molecule has 0 fully saturated rings. The standard InChI is InChI=1S/C15H20N4O5S2/c1-15(2,3)24-14(23)18-10(12(21)22)4-5-25-7-9-6-11(20)19-13(17-9)26-8-16-19/h6,8,10H,4-5,7H2,1-3H3,(H,18,23)(H,21,22). The monoisotopic (exact) mass is 400 g/mol. The van der Waals surface area contributed by atoms with Gasteiger partial charge in [0.15, 0.2) is 0 Å². The predicted molar refractivity (Wildman–Crippen MR) is 98.7 cm³/mol. The van der Waals surface area contributed by atoms with Crippen LogP contribution in [0, 0.1) is 0 Å². The molecule has 26 heavy (non-hydrogen) atoms. The van der Waals surface area contributed by atoms with E-state index in [9.17, 15) is 19.5 Å². The van der Waals surface area contributed by atoms with Gasteiger partial charge in [0.05, 0.1) is 5.69 Å². The largest absolute Gasteiger partial charge is 0.480 e. The lowest BCUT2D eigenvalue weighted by Crippen LogP contribution is -2.43. The molecule has 0 aromatic carbocycles. The maximum atomic E-state index is 11.8. The van der Waals surface area contributed by atoms with Crippen molar-refractivity contribution in [2.24, 2.45) is 0 Å². The quantitative estimate of drug-likeness (QED) is 0.674. The van der Waals surface area contributed by atoms with Crippen LogP contribution >= 0.6 is 23.1 Å². The number of carboxylic acid groups (broad SMARTS) is 1. The Morgan fingerprint density at radius 3 is 2.85 bits per heavy atom. The first-order valence-corrected chi connectivity index (χ1v) is 9.81. The highest BCUT2D eigenvalue weighted by Gasteiger charge is 2.23. The van der Waals surface area contributed by atoms with Gasteiger partial charge in [0, 0.05) is 11.8 Å². The van der Waals surface area contributed by atoms with Crippen LogP contribution in [0.15, 0.2) is 16.4 Å². The number of carbonyl (C=O) groups excluding carboxylic acids is 1. The van der Waals surface area contributed by atoms with Crippen molar-refractivity contribution in [2.75, 3.05) is 5.75 Å². The van der Waals surface area contributed by atoms with Crippen molar-refractivity contribution < 1.29 is 19.4 Å². The fraction of sp³-hybridized carbons (Fsp3) is 0.533. The molecule has 2 rings (SSSR count). The summed E-state index contributed by atoms with van der Waals surface area (Å²) < 4.78 is 6.29. The number of aliphatic carboxylic acids is 1. The van der Waals surface area contributed by atoms with Crippen molar-refractivity contribution in [2.45, 2.75) is 44.6 Å². The number of alkyl carbamates (subject to hydrolysis) is 1. The van der Waals surface area contributed by atoms with Gasteiger partial charge in [-0.15, -0.1) is 0 Å². The number of rotatable bonds is 7.